The van der Waals surface area contributed by atoms with Gasteiger partial charge in [-0.05, 0) is 31.7 Å². The Hall–Kier alpha value is -0.0800. The van der Waals surface area contributed by atoms with E-state index in [0.29, 0.717) is 5.41 Å². The van der Waals surface area contributed by atoms with Crippen molar-refractivity contribution in [2.75, 3.05) is 13.6 Å². The molecule has 0 aliphatic heterocycles. The normalized spacial score (nSPS) is 35.0. The van der Waals surface area contributed by atoms with Crippen LogP contribution in [-0.4, -0.2) is 24.3 Å². The summed E-state index contributed by atoms with van der Waals surface area (Å²) in [6.45, 7) is 5.22. The molecule has 0 bridgehead atoms. The molecule has 0 radical (unpaired) electrons. The molecule has 12 heavy (non-hydrogen) atoms. The molecule has 0 aromatic carbocycles. The summed E-state index contributed by atoms with van der Waals surface area (Å²) in [7, 11) is 1.90. The number of aliphatic hydroxyl groups is 1. The maximum absolute atomic E-state index is 10.1. The SMILES string of the molecule is CNCC1(O)CCCC(C)(C)C1. The van der Waals surface area contributed by atoms with E-state index in [-0.39, 0.29) is 0 Å². The number of hydrogen-bond donors (Lipinski definition) is 2. The van der Waals surface area contributed by atoms with E-state index in [4.69, 9.17) is 0 Å². The average Bonchev–Trinajstić information content (AvgIpc) is 1.83. The van der Waals surface area contributed by atoms with Crippen LogP contribution in [-0.2, 0) is 0 Å². The van der Waals surface area contributed by atoms with Gasteiger partial charge in [-0.15, -0.1) is 0 Å². The first-order chi connectivity index (χ1) is 5.47. The van der Waals surface area contributed by atoms with Gasteiger partial charge in [-0.1, -0.05) is 20.3 Å². The van der Waals surface area contributed by atoms with Crippen LogP contribution in [0.15, 0.2) is 0 Å². The van der Waals surface area contributed by atoms with Gasteiger partial charge >= 0.3 is 0 Å². The first kappa shape index (κ1) is 10.0. The lowest BCUT2D eigenvalue weighted by Gasteiger charge is -2.41. The van der Waals surface area contributed by atoms with Crippen molar-refractivity contribution in [2.45, 2.75) is 45.1 Å². The van der Waals surface area contributed by atoms with Crippen molar-refractivity contribution < 1.29 is 5.11 Å². The van der Waals surface area contributed by atoms with E-state index in [1.165, 1.54) is 6.42 Å². The zero-order chi connectivity index (χ0) is 9.24. The minimum absolute atomic E-state index is 0.323. The number of hydrogen-bond acceptors (Lipinski definition) is 2. The molecular weight excluding hydrogens is 150 g/mol. The Morgan fingerprint density at radius 2 is 2.00 bits per heavy atom. The molecule has 0 spiro atoms. The Morgan fingerprint density at radius 1 is 1.33 bits per heavy atom. The van der Waals surface area contributed by atoms with E-state index in [0.717, 1.165) is 25.8 Å². The summed E-state index contributed by atoms with van der Waals surface area (Å²) in [6, 6.07) is 0. The van der Waals surface area contributed by atoms with Crippen LogP contribution in [0.1, 0.15) is 39.5 Å². The molecule has 1 atom stereocenters. The summed E-state index contributed by atoms with van der Waals surface area (Å²) >= 11 is 0. The standard InChI is InChI=1S/C10H21NO/c1-9(2)5-4-6-10(12,7-9)8-11-3/h11-12H,4-8H2,1-3H3. The quantitative estimate of drug-likeness (QED) is 0.660. The lowest BCUT2D eigenvalue weighted by atomic mass is 9.70. The van der Waals surface area contributed by atoms with E-state index in [9.17, 15) is 5.11 Å². The maximum Gasteiger partial charge on any atom is 0.0776 e. The second kappa shape index (κ2) is 3.35. The molecule has 0 heterocycles. The Balaban J connectivity index is 2.55. The molecule has 1 fully saturated rings. The lowest BCUT2D eigenvalue weighted by Crippen LogP contribution is -2.45. The first-order valence-corrected chi connectivity index (χ1v) is 4.84. The van der Waals surface area contributed by atoms with Crippen molar-refractivity contribution >= 4 is 0 Å². The first-order valence-electron chi connectivity index (χ1n) is 4.84. The number of nitrogens with one attached hydrogen (secondary N) is 1. The molecule has 2 nitrogen and oxygen atoms in total. The van der Waals surface area contributed by atoms with Gasteiger partial charge in [0.1, 0.15) is 0 Å². The van der Waals surface area contributed by atoms with E-state index in [1.807, 2.05) is 7.05 Å². The van der Waals surface area contributed by atoms with Crippen molar-refractivity contribution in [1.29, 1.82) is 0 Å². The molecule has 0 amide bonds. The van der Waals surface area contributed by atoms with Crippen LogP contribution in [0.4, 0.5) is 0 Å². The predicted molar refractivity (Wildman–Crippen MR) is 51.1 cm³/mol. The highest BCUT2D eigenvalue weighted by molar-refractivity contribution is 4.91. The monoisotopic (exact) mass is 171 g/mol. The summed E-state index contributed by atoms with van der Waals surface area (Å²) in [5.74, 6) is 0. The fraction of sp³-hybridized carbons (Fsp3) is 1.00. The molecule has 1 saturated carbocycles. The fourth-order valence-corrected chi connectivity index (χ4v) is 2.44. The van der Waals surface area contributed by atoms with E-state index in [1.54, 1.807) is 0 Å². The van der Waals surface area contributed by atoms with Gasteiger partial charge in [0.05, 0.1) is 5.60 Å². The minimum atomic E-state index is -0.448. The minimum Gasteiger partial charge on any atom is -0.389 e. The third-order valence-corrected chi connectivity index (χ3v) is 2.81. The van der Waals surface area contributed by atoms with E-state index in [2.05, 4.69) is 19.2 Å². The number of rotatable bonds is 2. The highest BCUT2D eigenvalue weighted by atomic mass is 16.3. The molecule has 2 N–H and O–H groups in total. The van der Waals surface area contributed by atoms with Gasteiger partial charge in [-0.25, -0.2) is 0 Å². The molecular formula is C10H21NO. The smallest absolute Gasteiger partial charge is 0.0776 e. The van der Waals surface area contributed by atoms with Gasteiger partial charge in [-0.3, -0.25) is 0 Å². The summed E-state index contributed by atoms with van der Waals surface area (Å²) in [5, 5.41) is 13.2. The topological polar surface area (TPSA) is 32.3 Å². The van der Waals surface area contributed by atoms with Crippen LogP contribution in [0.2, 0.25) is 0 Å². The molecule has 1 unspecified atom stereocenters. The fourth-order valence-electron chi connectivity index (χ4n) is 2.44. The van der Waals surface area contributed by atoms with Crippen LogP contribution < -0.4 is 5.32 Å². The maximum atomic E-state index is 10.1. The molecule has 2 heteroatoms. The largest absolute Gasteiger partial charge is 0.389 e. The summed E-state index contributed by atoms with van der Waals surface area (Å²) < 4.78 is 0. The zero-order valence-electron chi connectivity index (χ0n) is 8.48. The van der Waals surface area contributed by atoms with Gasteiger partial charge in [0.2, 0.25) is 0 Å². The molecule has 1 aliphatic rings. The average molecular weight is 171 g/mol. The van der Waals surface area contributed by atoms with Gasteiger partial charge in [0.25, 0.3) is 0 Å². The summed E-state index contributed by atoms with van der Waals surface area (Å²) in [5.41, 5.74) is -0.125. The Morgan fingerprint density at radius 3 is 2.50 bits per heavy atom. The van der Waals surface area contributed by atoms with Gasteiger partial charge in [0.15, 0.2) is 0 Å². The third kappa shape index (κ3) is 2.46. The van der Waals surface area contributed by atoms with Crippen molar-refractivity contribution in [3.8, 4) is 0 Å². The highest BCUT2D eigenvalue weighted by Gasteiger charge is 2.37. The second-order valence-electron chi connectivity index (χ2n) is 4.95. The van der Waals surface area contributed by atoms with E-state index >= 15 is 0 Å². The van der Waals surface area contributed by atoms with Crippen molar-refractivity contribution in [2.24, 2.45) is 5.41 Å². The number of likely N-dealkylation sites (N-methyl/N-ethyl adjacent to an activating group) is 1. The molecule has 72 valence electrons. The van der Waals surface area contributed by atoms with Gasteiger partial charge < -0.3 is 10.4 Å². The highest BCUT2D eigenvalue weighted by Crippen LogP contribution is 2.40. The third-order valence-electron chi connectivity index (χ3n) is 2.81. The zero-order valence-corrected chi connectivity index (χ0v) is 8.48. The molecule has 1 aliphatic carbocycles. The van der Waals surface area contributed by atoms with Crippen LogP contribution in [0.25, 0.3) is 0 Å². The van der Waals surface area contributed by atoms with Crippen LogP contribution in [0.3, 0.4) is 0 Å². The molecule has 0 aromatic rings. The van der Waals surface area contributed by atoms with Crippen LogP contribution >= 0.6 is 0 Å². The molecule has 0 saturated heterocycles. The lowest BCUT2D eigenvalue weighted by molar-refractivity contribution is -0.0359. The summed E-state index contributed by atoms with van der Waals surface area (Å²) in [6.07, 6.45) is 4.29. The molecule has 1 rings (SSSR count). The van der Waals surface area contributed by atoms with Crippen molar-refractivity contribution in [1.82, 2.24) is 5.32 Å². The van der Waals surface area contributed by atoms with Crippen molar-refractivity contribution in [3.63, 3.8) is 0 Å². The second-order valence-corrected chi connectivity index (χ2v) is 4.95. The van der Waals surface area contributed by atoms with E-state index < -0.39 is 5.60 Å². The summed E-state index contributed by atoms with van der Waals surface area (Å²) in [4.78, 5) is 0. The Kier molecular flexibility index (Phi) is 2.79. The van der Waals surface area contributed by atoms with Gasteiger partial charge in [0, 0.05) is 6.54 Å². The predicted octanol–water partition coefficient (Wildman–Crippen LogP) is 1.54. The van der Waals surface area contributed by atoms with Crippen molar-refractivity contribution in [3.05, 3.63) is 0 Å². The van der Waals surface area contributed by atoms with Crippen LogP contribution in [0.5, 0.6) is 0 Å². The van der Waals surface area contributed by atoms with Gasteiger partial charge in [-0.2, -0.15) is 0 Å². The Bertz CT molecular complexity index is 152. The molecule has 0 aromatic heterocycles. The van der Waals surface area contributed by atoms with Crippen LogP contribution in [0, 0.1) is 5.41 Å². The Labute approximate surface area is 75.4 Å².